The van der Waals surface area contributed by atoms with E-state index < -0.39 is 26.8 Å². The van der Waals surface area contributed by atoms with Gasteiger partial charge in [0.1, 0.15) is 5.75 Å². The van der Waals surface area contributed by atoms with Gasteiger partial charge in [0.2, 0.25) is 10.0 Å². The molecular weight excluding hydrogens is 428 g/mol. The maximum absolute atomic E-state index is 12.5. The quantitative estimate of drug-likeness (QED) is 0.502. The lowest BCUT2D eigenvalue weighted by Gasteiger charge is -2.15. The van der Waals surface area contributed by atoms with Crippen LogP contribution in [0.25, 0.3) is 0 Å². The smallest absolute Gasteiger partial charge is 0.273 e. The molecule has 2 aromatic carbocycles. The summed E-state index contributed by atoms with van der Waals surface area (Å²) in [6.45, 7) is 0.940. The van der Waals surface area contributed by atoms with Crippen molar-refractivity contribution in [1.29, 1.82) is 0 Å². The minimum absolute atomic E-state index is 0.0799. The Bertz CT molecular complexity index is 1110. The van der Waals surface area contributed by atoms with E-state index in [4.69, 9.17) is 4.74 Å². The molecule has 12 heteroatoms. The molecule has 1 saturated heterocycles. The van der Waals surface area contributed by atoms with E-state index in [1.807, 2.05) is 0 Å². The SMILES string of the molecule is COc1ccc([N+](=O)[O-])cc1C(=O)NNC(=O)c1ccc(S(=O)(=O)N2CCCC2)cc1. The molecule has 0 radical (unpaired) electrons. The zero-order valence-electron chi connectivity index (χ0n) is 16.5. The standard InChI is InChI=1S/C19H20N4O7S/c1-30-17-9-6-14(23(26)27)12-16(17)19(25)21-20-18(24)13-4-7-15(8-5-13)31(28,29)22-10-2-3-11-22/h4-9,12H,2-3,10-11H2,1H3,(H,20,24)(H,21,25). The lowest BCUT2D eigenvalue weighted by atomic mass is 10.1. The molecule has 11 nitrogen and oxygen atoms in total. The second kappa shape index (κ2) is 9.10. The van der Waals surface area contributed by atoms with Crippen LogP contribution in [0.3, 0.4) is 0 Å². The minimum atomic E-state index is -3.60. The summed E-state index contributed by atoms with van der Waals surface area (Å²) < 4.78 is 31.5. The number of hydrogen-bond donors (Lipinski definition) is 2. The fourth-order valence-corrected chi connectivity index (χ4v) is 4.61. The normalized spacial score (nSPS) is 14.1. The summed E-state index contributed by atoms with van der Waals surface area (Å²) in [5.74, 6) is -1.42. The van der Waals surface area contributed by atoms with Crippen molar-refractivity contribution in [2.75, 3.05) is 20.2 Å². The van der Waals surface area contributed by atoms with Crippen LogP contribution in [0.5, 0.6) is 5.75 Å². The Labute approximate surface area is 178 Å². The molecule has 1 aliphatic rings. The van der Waals surface area contributed by atoms with Gasteiger partial charge >= 0.3 is 0 Å². The molecule has 1 fully saturated rings. The molecule has 0 spiro atoms. The van der Waals surface area contributed by atoms with E-state index in [9.17, 15) is 28.1 Å². The lowest BCUT2D eigenvalue weighted by molar-refractivity contribution is -0.384. The molecule has 1 aliphatic heterocycles. The summed E-state index contributed by atoms with van der Waals surface area (Å²) in [5, 5.41) is 10.9. The second-order valence-electron chi connectivity index (χ2n) is 6.69. The van der Waals surface area contributed by atoms with E-state index in [1.54, 1.807) is 0 Å². The van der Waals surface area contributed by atoms with Crippen LogP contribution >= 0.6 is 0 Å². The summed E-state index contributed by atoms with van der Waals surface area (Å²) >= 11 is 0. The predicted octanol–water partition coefficient (Wildman–Crippen LogP) is 1.46. The molecule has 0 unspecified atom stereocenters. The van der Waals surface area contributed by atoms with Gasteiger partial charge in [-0.25, -0.2) is 8.42 Å². The molecule has 0 bridgehead atoms. The van der Waals surface area contributed by atoms with Crippen molar-refractivity contribution >= 4 is 27.5 Å². The molecule has 0 aliphatic carbocycles. The van der Waals surface area contributed by atoms with E-state index in [-0.39, 0.29) is 27.5 Å². The number of ether oxygens (including phenoxy) is 1. The van der Waals surface area contributed by atoms with Gasteiger partial charge in [-0.2, -0.15) is 4.31 Å². The van der Waals surface area contributed by atoms with Crippen LogP contribution in [-0.2, 0) is 10.0 Å². The number of carbonyl (C=O) groups excluding carboxylic acids is 2. The zero-order chi connectivity index (χ0) is 22.6. The van der Waals surface area contributed by atoms with Crippen molar-refractivity contribution < 1.29 is 27.7 Å². The Hall–Kier alpha value is -3.51. The highest BCUT2D eigenvalue weighted by molar-refractivity contribution is 7.89. The number of nitro benzene ring substituents is 1. The fraction of sp³-hybridized carbons (Fsp3) is 0.263. The Morgan fingerprint density at radius 3 is 2.23 bits per heavy atom. The molecule has 2 N–H and O–H groups in total. The first-order chi connectivity index (χ1) is 14.7. The van der Waals surface area contributed by atoms with Gasteiger partial charge in [-0.3, -0.25) is 30.6 Å². The van der Waals surface area contributed by atoms with Gasteiger partial charge in [0, 0.05) is 30.8 Å². The number of nitro groups is 1. The van der Waals surface area contributed by atoms with Gasteiger partial charge in [0.15, 0.2) is 0 Å². The average Bonchev–Trinajstić information content (AvgIpc) is 3.32. The summed E-state index contributed by atoms with van der Waals surface area (Å²) in [6, 6.07) is 8.80. The topological polar surface area (TPSA) is 148 Å². The number of benzene rings is 2. The Balaban J connectivity index is 1.68. The van der Waals surface area contributed by atoms with E-state index in [2.05, 4.69) is 10.9 Å². The maximum Gasteiger partial charge on any atom is 0.273 e. The molecule has 2 aromatic rings. The number of amides is 2. The Kier molecular flexibility index (Phi) is 6.51. The third-order valence-electron chi connectivity index (χ3n) is 4.75. The molecule has 0 saturated carbocycles. The predicted molar refractivity (Wildman–Crippen MR) is 109 cm³/mol. The number of sulfonamides is 1. The number of methoxy groups -OCH3 is 1. The summed E-state index contributed by atoms with van der Waals surface area (Å²) in [4.78, 5) is 35.0. The third kappa shape index (κ3) is 4.81. The van der Waals surface area contributed by atoms with Crippen molar-refractivity contribution in [3.8, 4) is 5.75 Å². The molecule has 0 aromatic heterocycles. The maximum atomic E-state index is 12.5. The number of hydrazine groups is 1. The van der Waals surface area contributed by atoms with Crippen molar-refractivity contribution in [2.45, 2.75) is 17.7 Å². The van der Waals surface area contributed by atoms with E-state index in [0.717, 1.165) is 18.9 Å². The molecule has 2 amide bonds. The van der Waals surface area contributed by atoms with Gasteiger partial charge in [-0.1, -0.05) is 0 Å². The molecule has 3 rings (SSSR count). The Morgan fingerprint density at radius 2 is 1.65 bits per heavy atom. The van der Waals surface area contributed by atoms with E-state index >= 15 is 0 Å². The summed E-state index contributed by atoms with van der Waals surface area (Å²) in [5.41, 5.74) is 4.02. The zero-order valence-corrected chi connectivity index (χ0v) is 17.3. The second-order valence-corrected chi connectivity index (χ2v) is 8.62. The lowest BCUT2D eigenvalue weighted by Crippen LogP contribution is -2.41. The number of nitrogens with zero attached hydrogens (tertiary/aromatic N) is 2. The summed E-state index contributed by atoms with van der Waals surface area (Å²) in [7, 11) is -2.30. The number of carbonyl (C=O) groups is 2. The summed E-state index contributed by atoms with van der Waals surface area (Å²) in [6.07, 6.45) is 1.63. The van der Waals surface area contributed by atoms with E-state index in [1.165, 1.54) is 47.8 Å². The molecule has 164 valence electrons. The van der Waals surface area contributed by atoms with Crippen molar-refractivity contribution in [3.63, 3.8) is 0 Å². The first kappa shape index (κ1) is 22.2. The monoisotopic (exact) mass is 448 g/mol. The average molecular weight is 448 g/mol. The van der Waals surface area contributed by atoms with Gasteiger partial charge < -0.3 is 4.74 Å². The van der Waals surface area contributed by atoms with Gasteiger partial charge in [0.05, 0.1) is 22.5 Å². The van der Waals surface area contributed by atoms with Crippen LogP contribution < -0.4 is 15.6 Å². The molecule has 0 atom stereocenters. The van der Waals surface area contributed by atoms with Gasteiger partial charge in [0.25, 0.3) is 17.5 Å². The number of hydrogen-bond acceptors (Lipinski definition) is 7. The minimum Gasteiger partial charge on any atom is -0.496 e. The highest BCUT2D eigenvalue weighted by atomic mass is 32.2. The van der Waals surface area contributed by atoms with Crippen LogP contribution in [-0.4, -0.2) is 49.7 Å². The van der Waals surface area contributed by atoms with Crippen molar-refractivity contribution in [2.24, 2.45) is 0 Å². The molecular formula is C19H20N4O7S. The molecule has 1 heterocycles. The highest BCUT2D eigenvalue weighted by Gasteiger charge is 2.27. The van der Waals surface area contributed by atoms with Crippen LogP contribution in [0.2, 0.25) is 0 Å². The Morgan fingerprint density at radius 1 is 1.03 bits per heavy atom. The van der Waals surface area contributed by atoms with Crippen LogP contribution in [0.1, 0.15) is 33.6 Å². The van der Waals surface area contributed by atoms with Crippen LogP contribution in [0, 0.1) is 10.1 Å². The first-order valence-corrected chi connectivity index (χ1v) is 10.7. The number of rotatable bonds is 6. The highest BCUT2D eigenvalue weighted by Crippen LogP contribution is 2.24. The molecule has 31 heavy (non-hydrogen) atoms. The first-order valence-electron chi connectivity index (χ1n) is 9.27. The van der Waals surface area contributed by atoms with Gasteiger partial charge in [-0.15, -0.1) is 0 Å². The third-order valence-corrected chi connectivity index (χ3v) is 6.66. The number of nitrogens with one attached hydrogen (secondary N) is 2. The number of non-ortho nitro benzene ring substituents is 1. The van der Waals surface area contributed by atoms with E-state index in [0.29, 0.717) is 13.1 Å². The van der Waals surface area contributed by atoms with Crippen molar-refractivity contribution in [1.82, 2.24) is 15.2 Å². The largest absolute Gasteiger partial charge is 0.496 e. The van der Waals surface area contributed by atoms with Gasteiger partial charge in [-0.05, 0) is 43.2 Å². The van der Waals surface area contributed by atoms with Crippen LogP contribution in [0.15, 0.2) is 47.4 Å². The van der Waals surface area contributed by atoms with Crippen LogP contribution in [0.4, 0.5) is 5.69 Å². The fourth-order valence-electron chi connectivity index (χ4n) is 3.10. The van der Waals surface area contributed by atoms with Crippen molar-refractivity contribution in [3.05, 3.63) is 63.7 Å².